The molecule has 3 nitrogen and oxygen atoms in total. The summed E-state index contributed by atoms with van der Waals surface area (Å²) in [4.78, 5) is 10.7. The molecule has 0 saturated heterocycles. The zero-order valence-electron chi connectivity index (χ0n) is 9.30. The van der Waals surface area contributed by atoms with Crippen LogP contribution in [0, 0.1) is 0 Å². The monoisotopic (exact) mass is 248 g/mol. The summed E-state index contributed by atoms with van der Waals surface area (Å²) in [6.07, 6.45) is -4.98. The second kappa shape index (κ2) is 5.07. The van der Waals surface area contributed by atoms with E-state index in [4.69, 9.17) is 9.47 Å². The van der Waals surface area contributed by atoms with Crippen LogP contribution in [-0.4, -0.2) is 26.7 Å². The van der Waals surface area contributed by atoms with Crippen molar-refractivity contribution in [1.29, 1.82) is 0 Å². The maximum absolute atomic E-state index is 12.3. The van der Waals surface area contributed by atoms with E-state index in [9.17, 15) is 18.0 Å². The SMILES string of the molecule is COc1c(C=O)ccc(CC(F)(F)F)c1OC. The molecule has 0 bridgehead atoms. The van der Waals surface area contributed by atoms with E-state index in [0.717, 1.165) is 0 Å². The summed E-state index contributed by atoms with van der Waals surface area (Å²) >= 11 is 0. The minimum atomic E-state index is -4.35. The molecule has 1 aromatic rings. The minimum Gasteiger partial charge on any atom is -0.493 e. The van der Waals surface area contributed by atoms with Gasteiger partial charge in [0.2, 0.25) is 0 Å². The van der Waals surface area contributed by atoms with E-state index in [0.29, 0.717) is 6.29 Å². The van der Waals surface area contributed by atoms with Gasteiger partial charge in [0.05, 0.1) is 26.2 Å². The normalized spacial score (nSPS) is 11.1. The first-order chi connectivity index (χ1) is 7.92. The molecule has 6 heteroatoms. The van der Waals surface area contributed by atoms with Gasteiger partial charge in [-0.15, -0.1) is 0 Å². The lowest BCUT2D eigenvalue weighted by Gasteiger charge is -2.15. The average molecular weight is 248 g/mol. The number of methoxy groups -OCH3 is 2. The number of alkyl halides is 3. The Labute approximate surface area is 96.1 Å². The van der Waals surface area contributed by atoms with Crippen molar-refractivity contribution in [2.24, 2.45) is 0 Å². The minimum absolute atomic E-state index is 0.0178. The van der Waals surface area contributed by atoms with E-state index in [1.54, 1.807) is 0 Å². The van der Waals surface area contributed by atoms with Crippen LogP contribution < -0.4 is 9.47 Å². The van der Waals surface area contributed by atoms with Crippen LogP contribution in [0.5, 0.6) is 11.5 Å². The lowest BCUT2D eigenvalue weighted by molar-refractivity contribution is -0.127. The summed E-state index contributed by atoms with van der Waals surface area (Å²) in [6.45, 7) is 0. The molecule has 1 rings (SSSR count). The number of carbonyl (C=O) groups excluding carboxylic acids is 1. The molecule has 0 N–H and O–H groups in total. The van der Waals surface area contributed by atoms with Crippen LogP contribution in [0.25, 0.3) is 0 Å². The summed E-state index contributed by atoms with van der Waals surface area (Å²) in [6, 6.07) is 2.48. The van der Waals surface area contributed by atoms with Crippen LogP contribution in [-0.2, 0) is 6.42 Å². The lowest BCUT2D eigenvalue weighted by atomic mass is 10.1. The molecular formula is C11H11F3O3. The molecule has 0 fully saturated rings. The van der Waals surface area contributed by atoms with E-state index in [1.165, 1.54) is 26.4 Å². The number of benzene rings is 1. The number of aldehydes is 1. The van der Waals surface area contributed by atoms with Crippen LogP contribution in [0.15, 0.2) is 12.1 Å². The maximum atomic E-state index is 12.3. The zero-order chi connectivity index (χ0) is 13.1. The summed E-state index contributed by atoms with van der Waals surface area (Å²) in [7, 11) is 2.49. The molecule has 0 aliphatic rings. The van der Waals surface area contributed by atoms with Crippen molar-refractivity contribution < 1.29 is 27.4 Å². The number of rotatable bonds is 4. The fourth-order valence-corrected chi connectivity index (χ4v) is 1.50. The van der Waals surface area contributed by atoms with Gasteiger partial charge >= 0.3 is 6.18 Å². The van der Waals surface area contributed by atoms with Crippen molar-refractivity contribution >= 4 is 6.29 Å². The highest BCUT2D eigenvalue weighted by Gasteiger charge is 2.30. The van der Waals surface area contributed by atoms with E-state index in [2.05, 4.69) is 0 Å². The molecule has 1 aromatic carbocycles. The molecule has 0 aliphatic carbocycles. The Bertz CT molecular complexity index is 413. The van der Waals surface area contributed by atoms with Gasteiger partial charge in [0.15, 0.2) is 17.8 Å². The smallest absolute Gasteiger partial charge is 0.393 e. The molecule has 0 amide bonds. The molecule has 94 valence electrons. The van der Waals surface area contributed by atoms with Crippen molar-refractivity contribution in [1.82, 2.24) is 0 Å². The quantitative estimate of drug-likeness (QED) is 0.768. The Balaban J connectivity index is 3.28. The van der Waals surface area contributed by atoms with Crippen molar-refractivity contribution in [3.63, 3.8) is 0 Å². The fraction of sp³-hybridized carbons (Fsp3) is 0.364. The van der Waals surface area contributed by atoms with Gasteiger partial charge in [-0.2, -0.15) is 13.2 Å². The van der Waals surface area contributed by atoms with Gasteiger partial charge < -0.3 is 9.47 Å². The largest absolute Gasteiger partial charge is 0.493 e. The first-order valence-electron chi connectivity index (χ1n) is 4.68. The highest BCUT2D eigenvalue weighted by Crippen LogP contribution is 2.36. The first-order valence-corrected chi connectivity index (χ1v) is 4.68. The molecule has 0 spiro atoms. The van der Waals surface area contributed by atoms with Crippen LogP contribution >= 0.6 is 0 Å². The van der Waals surface area contributed by atoms with Gasteiger partial charge in [-0.25, -0.2) is 0 Å². The molecular weight excluding hydrogens is 237 g/mol. The Kier molecular flexibility index (Phi) is 3.98. The number of carbonyl (C=O) groups is 1. The van der Waals surface area contributed by atoms with Crippen molar-refractivity contribution in [2.75, 3.05) is 14.2 Å². The van der Waals surface area contributed by atoms with Gasteiger partial charge in [0.1, 0.15) is 0 Å². The summed E-state index contributed by atoms with van der Waals surface area (Å²) in [5.74, 6) is -0.0429. The van der Waals surface area contributed by atoms with Crippen LogP contribution in [0.4, 0.5) is 13.2 Å². The van der Waals surface area contributed by atoms with Crippen molar-refractivity contribution in [3.05, 3.63) is 23.3 Å². The third-order valence-electron chi connectivity index (χ3n) is 2.15. The molecule has 0 radical (unpaired) electrons. The number of halogens is 3. The van der Waals surface area contributed by atoms with Gasteiger partial charge in [-0.1, -0.05) is 6.07 Å². The summed E-state index contributed by atoms with van der Waals surface area (Å²) in [5, 5.41) is 0. The summed E-state index contributed by atoms with van der Waals surface area (Å²) < 4.78 is 46.7. The molecule has 0 atom stereocenters. The van der Waals surface area contributed by atoms with E-state index in [-0.39, 0.29) is 22.6 Å². The molecule has 0 aromatic heterocycles. The van der Waals surface area contributed by atoms with Crippen LogP contribution in [0.2, 0.25) is 0 Å². The predicted octanol–water partition coefficient (Wildman–Crippen LogP) is 2.62. The molecule has 17 heavy (non-hydrogen) atoms. The standard InChI is InChI=1S/C11H11F3O3/c1-16-9-7(5-11(12,13)14)3-4-8(6-15)10(9)17-2/h3-4,6H,5H2,1-2H3. The molecule has 0 aliphatic heterocycles. The maximum Gasteiger partial charge on any atom is 0.393 e. The highest BCUT2D eigenvalue weighted by atomic mass is 19.4. The first kappa shape index (κ1) is 13.3. The third-order valence-corrected chi connectivity index (χ3v) is 2.15. The second-order valence-corrected chi connectivity index (χ2v) is 3.29. The Morgan fingerprint density at radius 2 is 1.76 bits per heavy atom. The van der Waals surface area contributed by atoms with Crippen molar-refractivity contribution in [3.8, 4) is 11.5 Å². The van der Waals surface area contributed by atoms with Crippen LogP contribution in [0.3, 0.4) is 0 Å². The second-order valence-electron chi connectivity index (χ2n) is 3.29. The highest BCUT2D eigenvalue weighted by molar-refractivity contribution is 5.81. The van der Waals surface area contributed by atoms with Gasteiger partial charge in [0, 0.05) is 5.56 Å². The van der Waals surface area contributed by atoms with E-state index in [1.807, 2.05) is 0 Å². The third kappa shape index (κ3) is 3.12. The molecule has 0 saturated carbocycles. The lowest BCUT2D eigenvalue weighted by Crippen LogP contribution is -2.13. The number of ether oxygens (including phenoxy) is 2. The average Bonchev–Trinajstić information content (AvgIpc) is 2.26. The number of hydrogen-bond acceptors (Lipinski definition) is 3. The Morgan fingerprint density at radius 3 is 2.18 bits per heavy atom. The molecule has 0 heterocycles. The Morgan fingerprint density at radius 1 is 1.18 bits per heavy atom. The fourth-order valence-electron chi connectivity index (χ4n) is 1.50. The molecule has 0 unspecified atom stereocenters. The number of hydrogen-bond donors (Lipinski definition) is 0. The Hall–Kier alpha value is -1.72. The van der Waals surface area contributed by atoms with Gasteiger partial charge in [-0.3, -0.25) is 4.79 Å². The summed E-state index contributed by atoms with van der Waals surface area (Å²) in [5.41, 5.74) is 0.0812. The van der Waals surface area contributed by atoms with E-state index < -0.39 is 12.6 Å². The van der Waals surface area contributed by atoms with Gasteiger partial charge in [0.25, 0.3) is 0 Å². The zero-order valence-corrected chi connectivity index (χ0v) is 9.30. The van der Waals surface area contributed by atoms with Crippen LogP contribution in [0.1, 0.15) is 15.9 Å². The van der Waals surface area contributed by atoms with E-state index >= 15 is 0 Å². The predicted molar refractivity (Wildman–Crippen MR) is 54.7 cm³/mol. The van der Waals surface area contributed by atoms with Gasteiger partial charge in [-0.05, 0) is 6.07 Å². The van der Waals surface area contributed by atoms with Crippen molar-refractivity contribution in [2.45, 2.75) is 12.6 Å². The topological polar surface area (TPSA) is 35.5 Å².